The fraction of sp³-hybridized carbons (Fsp3) is 0.611. The van der Waals surface area contributed by atoms with Crippen LogP contribution in [0.2, 0.25) is 0 Å². The number of carbonyl (C=O) groups is 3. The van der Waals surface area contributed by atoms with Gasteiger partial charge in [0.1, 0.15) is 11.6 Å². The Morgan fingerprint density at radius 3 is 2.58 bits per heavy atom. The maximum atomic E-state index is 12.9. The number of nitrogens with zero attached hydrogens (tertiary/aromatic N) is 2. The van der Waals surface area contributed by atoms with Crippen LogP contribution in [-0.2, 0) is 22.5 Å². The molecule has 3 amide bonds. The molecule has 1 atom stereocenters. The molecule has 1 N–H and O–H groups in total. The van der Waals surface area contributed by atoms with Crippen molar-refractivity contribution in [3.63, 3.8) is 0 Å². The Morgan fingerprint density at radius 2 is 2.00 bits per heavy atom. The van der Waals surface area contributed by atoms with Crippen LogP contribution in [0, 0.1) is 0 Å². The van der Waals surface area contributed by atoms with Crippen molar-refractivity contribution in [3.8, 4) is 0 Å². The summed E-state index contributed by atoms with van der Waals surface area (Å²) >= 11 is 1.49. The third-order valence-electron chi connectivity index (χ3n) is 4.56. The summed E-state index contributed by atoms with van der Waals surface area (Å²) in [5, 5.41) is 2.63. The lowest BCUT2D eigenvalue weighted by Gasteiger charge is -2.43. The van der Waals surface area contributed by atoms with Crippen molar-refractivity contribution in [2.45, 2.75) is 51.8 Å². The SMILES string of the molecule is CNC(=O)c1cc2c(s1)CCN(C(=O)[C@H]1CCN1C(=O)OC(C)(C)C)C2. The molecule has 26 heavy (non-hydrogen) atoms. The molecule has 0 aromatic carbocycles. The van der Waals surface area contributed by atoms with Gasteiger partial charge >= 0.3 is 6.09 Å². The van der Waals surface area contributed by atoms with Crippen LogP contribution in [0.1, 0.15) is 47.3 Å². The van der Waals surface area contributed by atoms with E-state index in [0.29, 0.717) is 30.9 Å². The first kappa shape index (κ1) is 18.7. The highest BCUT2D eigenvalue weighted by atomic mass is 32.1. The highest BCUT2D eigenvalue weighted by Gasteiger charge is 2.42. The number of carbonyl (C=O) groups excluding carboxylic acids is 3. The third-order valence-corrected chi connectivity index (χ3v) is 5.80. The van der Waals surface area contributed by atoms with Gasteiger partial charge in [0, 0.05) is 31.6 Å². The molecular formula is C18H25N3O4S. The fourth-order valence-corrected chi connectivity index (χ4v) is 4.26. The summed E-state index contributed by atoms with van der Waals surface area (Å²) < 4.78 is 5.38. The molecule has 0 spiro atoms. The molecule has 3 rings (SSSR count). The summed E-state index contributed by atoms with van der Waals surface area (Å²) in [5.74, 6) is -0.141. The Labute approximate surface area is 157 Å². The maximum Gasteiger partial charge on any atom is 0.410 e. The predicted octanol–water partition coefficient (Wildman–Crippen LogP) is 2.00. The van der Waals surface area contributed by atoms with Gasteiger partial charge in [0.25, 0.3) is 5.91 Å². The molecule has 2 aliphatic heterocycles. The van der Waals surface area contributed by atoms with Gasteiger partial charge in [-0.05, 0) is 45.2 Å². The van der Waals surface area contributed by atoms with E-state index in [0.717, 1.165) is 16.9 Å². The molecule has 0 bridgehead atoms. The number of fused-ring (bicyclic) bond motifs is 1. The average Bonchev–Trinajstić information content (AvgIpc) is 2.94. The normalized spacial score (nSPS) is 19.5. The Balaban J connectivity index is 1.65. The van der Waals surface area contributed by atoms with Gasteiger partial charge in [0.05, 0.1) is 4.88 Å². The number of amides is 3. The van der Waals surface area contributed by atoms with Crippen LogP contribution >= 0.6 is 11.3 Å². The number of rotatable bonds is 2. The molecule has 7 nitrogen and oxygen atoms in total. The minimum absolute atomic E-state index is 0.0412. The van der Waals surface area contributed by atoms with Gasteiger partial charge < -0.3 is 15.0 Å². The summed E-state index contributed by atoms with van der Waals surface area (Å²) in [4.78, 5) is 42.0. The second-order valence-electron chi connectivity index (χ2n) is 7.63. The molecule has 0 aliphatic carbocycles. The van der Waals surface area contributed by atoms with Crippen molar-refractivity contribution < 1.29 is 19.1 Å². The molecule has 3 heterocycles. The minimum atomic E-state index is -0.576. The van der Waals surface area contributed by atoms with Gasteiger partial charge in [-0.1, -0.05) is 0 Å². The summed E-state index contributed by atoms with van der Waals surface area (Å²) in [6, 6.07) is 1.42. The highest BCUT2D eigenvalue weighted by molar-refractivity contribution is 7.14. The van der Waals surface area contributed by atoms with Gasteiger partial charge in [-0.2, -0.15) is 0 Å². The standard InChI is InChI=1S/C18H25N3O4S/c1-18(2,3)25-17(24)21-8-5-12(21)16(23)20-7-6-13-11(10-20)9-14(26-13)15(22)19-4/h9,12H,5-8,10H2,1-4H3,(H,19,22)/t12-/m1/s1. The fourth-order valence-electron chi connectivity index (χ4n) is 3.15. The van der Waals surface area contributed by atoms with E-state index in [2.05, 4.69) is 5.32 Å². The van der Waals surface area contributed by atoms with E-state index in [1.807, 2.05) is 26.8 Å². The maximum absolute atomic E-state index is 12.9. The first-order valence-corrected chi connectivity index (χ1v) is 9.63. The van der Waals surface area contributed by atoms with Crippen molar-refractivity contribution in [2.75, 3.05) is 20.1 Å². The smallest absolute Gasteiger partial charge is 0.410 e. The zero-order valence-corrected chi connectivity index (χ0v) is 16.4. The Morgan fingerprint density at radius 1 is 1.27 bits per heavy atom. The number of hydrogen-bond acceptors (Lipinski definition) is 5. The molecule has 1 aromatic rings. The first-order valence-electron chi connectivity index (χ1n) is 8.81. The van der Waals surface area contributed by atoms with Gasteiger partial charge in [0.15, 0.2) is 0 Å². The van der Waals surface area contributed by atoms with E-state index in [9.17, 15) is 14.4 Å². The molecule has 0 saturated carbocycles. The van der Waals surface area contributed by atoms with Crippen LogP contribution in [0.3, 0.4) is 0 Å². The molecule has 1 fully saturated rings. The van der Waals surface area contributed by atoms with Gasteiger partial charge in [-0.25, -0.2) is 4.79 Å². The van der Waals surface area contributed by atoms with Crippen molar-refractivity contribution >= 4 is 29.2 Å². The second kappa shape index (κ2) is 6.90. The lowest BCUT2D eigenvalue weighted by atomic mass is 10.0. The lowest BCUT2D eigenvalue weighted by molar-refractivity contribution is -0.142. The van der Waals surface area contributed by atoms with Gasteiger partial charge in [0.2, 0.25) is 5.91 Å². The van der Waals surface area contributed by atoms with Crippen LogP contribution < -0.4 is 5.32 Å². The molecule has 0 radical (unpaired) electrons. The Hall–Kier alpha value is -2.09. The van der Waals surface area contributed by atoms with E-state index in [1.54, 1.807) is 11.9 Å². The highest BCUT2D eigenvalue weighted by Crippen LogP contribution is 2.30. The molecular weight excluding hydrogens is 354 g/mol. The molecule has 1 aromatic heterocycles. The topological polar surface area (TPSA) is 79.0 Å². The van der Waals surface area contributed by atoms with Crippen LogP contribution in [0.4, 0.5) is 4.79 Å². The molecule has 142 valence electrons. The van der Waals surface area contributed by atoms with Crippen molar-refractivity contribution in [1.82, 2.24) is 15.1 Å². The van der Waals surface area contributed by atoms with E-state index >= 15 is 0 Å². The summed E-state index contributed by atoms with van der Waals surface area (Å²) in [6.07, 6.45) is 0.966. The third kappa shape index (κ3) is 3.70. The Kier molecular flexibility index (Phi) is 4.96. The second-order valence-corrected chi connectivity index (χ2v) is 8.76. The lowest BCUT2D eigenvalue weighted by Crippen LogP contribution is -2.60. The quantitative estimate of drug-likeness (QED) is 0.852. The number of likely N-dealkylation sites (tertiary alicyclic amines) is 1. The van der Waals surface area contributed by atoms with Crippen LogP contribution in [0.25, 0.3) is 0 Å². The first-order chi connectivity index (χ1) is 12.2. The number of ether oxygens (including phenoxy) is 1. The average molecular weight is 379 g/mol. The van der Waals surface area contributed by atoms with Crippen molar-refractivity contribution in [1.29, 1.82) is 0 Å². The van der Waals surface area contributed by atoms with E-state index < -0.39 is 17.7 Å². The number of nitrogens with one attached hydrogen (secondary N) is 1. The van der Waals surface area contributed by atoms with Crippen LogP contribution in [-0.4, -0.2) is 59.5 Å². The predicted molar refractivity (Wildman–Crippen MR) is 98.2 cm³/mol. The van der Waals surface area contributed by atoms with Crippen molar-refractivity contribution in [2.24, 2.45) is 0 Å². The minimum Gasteiger partial charge on any atom is -0.444 e. The number of hydrogen-bond donors (Lipinski definition) is 1. The summed E-state index contributed by atoms with van der Waals surface area (Å²) in [5.41, 5.74) is 0.448. The molecule has 2 aliphatic rings. The largest absolute Gasteiger partial charge is 0.444 e. The monoisotopic (exact) mass is 379 g/mol. The van der Waals surface area contributed by atoms with Crippen LogP contribution in [0.15, 0.2) is 6.07 Å². The molecule has 8 heteroatoms. The van der Waals surface area contributed by atoms with E-state index in [4.69, 9.17) is 4.74 Å². The number of thiophene rings is 1. The van der Waals surface area contributed by atoms with E-state index in [-0.39, 0.29) is 11.8 Å². The van der Waals surface area contributed by atoms with Gasteiger partial charge in [-0.3, -0.25) is 14.5 Å². The van der Waals surface area contributed by atoms with Crippen LogP contribution in [0.5, 0.6) is 0 Å². The zero-order valence-electron chi connectivity index (χ0n) is 15.6. The summed E-state index contributed by atoms with van der Waals surface area (Å²) in [6.45, 7) is 7.08. The molecule has 0 unspecified atom stereocenters. The van der Waals surface area contributed by atoms with Gasteiger partial charge in [-0.15, -0.1) is 11.3 Å². The Bertz CT molecular complexity index is 737. The molecule has 1 saturated heterocycles. The zero-order chi connectivity index (χ0) is 19.1. The summed E-state index contributed by atoms with van der Waals surface area (Å²) in [7, 11) is 1.61. The van der Waals surface area contributed by atoms with Crippen molar-refractivity contribution in [3.05, 3.63) is 21.4 Å². The van der Waals surface area contributed by atoms with E-state index in [1.165, 1.54) is 16.2 Å².